The molecule has 2 nitrogen and oxygen atoms in total. The summed E-state index contributed by atoms with van der Waals surface area (Å²) in [5.41, 5.74) is 1.21. The zero-order valence-electron chi connectivity index (χ0n) is 12.2. The molecule has 2 unspecified atom stereocenters. The van der Waals surface area contributed by atoms with Gasteiger partial charge in [0.2, 0.25) is 0 Å². The van der Waals surface area contributed by atoms with Crippen molar-refractivity contribution in [3.63, 3.8) is 0 Å². The molecule has 0 spiro atoms. The molecule has 1 saturated carbocycles. The number of hydrogen-bond acceptors (Lipinski definition) is 2. The Kier molecular flexibility index (Phi) is 4.51. The van der Waals surface area contributed by atoms with Crippen LogP contribution in [0.15, 0.2) is 4.47 Å². The van der Waals surface area contributed by atoms with Crippen LogP contribution in [0, 0.1) is 10.6 Å². The van der Waals surface area contributed by atoms with E-state index in [2.05, 4.69) is 53.6 Å². The van der Waals surface area contributed by atoms with Gasteiger partial charge in [-0.25, -0.2) is 4.98 Å². The van der Waals surface area contributed by atoms with Crippen molar-refractivity contribution >= 4 is 28.1 Å². The third-order valence-corrected chi connectivity index (χ3v) is 5.29. The average molecular weight is 343 g/mol. The summed E-state index contributed by atoms with van der Waals surface area (Å²) in [6.07, 6.45) is 5.10. The van der Waals surface area contributed by atoms with Crippen molar-refractivity contribution in [2.75, 3.05) is 0 Å². The first-order chi connectivity index (χ1) is 8.79. The summed E-state index contributed by atoms with van der Waals surface area (Å²) in [6, 6.07) is 0. The standard InChI is InChI=1S/C15H23BrN2S/c1-9-6-5-7-10(8-9)13-17-12(15(2,3)4)11(16)14(19)18-13/h9-10H,5-8H2,1-4H3,(H,17,18,19). The first kappa shape index (κ1) is 15.2. The van der Waals surface area contributed by atoms with Crippen molar-refractivity contribution in [1.29, 1.82) is 0 Å². The maximum absolute atomic E-state index is 5.42. The summed E-state index contributed by atoms with van der Waals surface area (Å²) in [4.78, 5) is 8.18. The second kappa shape index (κ2) is 5.65. The smallest absolute Gasteiger partial charge is 0.144 e. The van der Waals surface area contributed by atoms with Gasteiger partial charge in [0.15, 0.2) is 0 Å². The molecule has 19 heavy (non-hydrogen) atoms. The van der Waals surface area contributed by atoms with Crippen LogP contribution in [0.25, 0.3) is 0 Å². The van der Waals surface area contributed by atoms with Gasteiger partial charge in [-0.05, 0) is 34.7 Å². The Morgan fingerprint density at radius 2 is 2.00 bits per heavy atom. The van der Waals surface area contributed by atoms with E-state index in [1.54, 1.807) is 0 Å². The van der Waals surface area contributed by atoms with Crippen molar-refractivity contribution in [3.8, 4) is 0 Å². The lowest BCUT2D eigenvalue weighted by Crippen LogP contribution is -2.20. The Bertz CT molecular complexity index is 516. The third-order valence-electron chi connectivity index (χ3n) is 3.96. The lowest BCUT2D eigenvalue weighted by Gasteiger charge is -2.28. The van der Waals surface area contributed by atoms with E-state index < -0.39 is 0 Å². The highest BCUT2D eigenvalue weighted by atomic mass is 79.9. The Hall–Kier alpha value is -0.220. The summed E-state index contributed by atoms with van der Waals surface area (Å²) in [5.74, 6) is 2.42. The van der Waals surface area contributed by atoms with Gasteiger partial charge >= 0.3 is 0 Å². The van der Waals surface area contributed by atoms with Crippen molar-refractivity contribution in [2.45, 2.75) is 64.7 Å². The van der Waals surface area contributed by atoms with Crippen LogP contribution in [0.5, 0.6) is 0 Å². The number of nitrogens with zero attached hydrogens (tertiary/aromatic N) is 1. The highest BCUT2D eigenvalue weighted by Crippen LogP contribution is 2.36. The molecule has 2 atom stereocenters. The van der Waals surface area contributed by atoms with Gasteiger partial charge < -0.3 is 4.98 Å². The van der Waals surface area contributed by atoms with Crippen LogP contribution in [0.3, 0.4) is 0 Å². The molecule has 4 heteroatoms. The molecule has 1 aromatic heterocycles. The Balaban J connectivity index is 2.42. The molecule has 1 heterocycles. The second-order valence-corrected chi connectivity index (χ2v) is 8.01. The molecule has 1 aromatic rings. The number of aromatic amines is 1. The minimum absolute atomic E-state index is 0.0460. The molecule has 0 bridgehead atoms. The minimum Gasteiger partial charge on any atom is -0.345 e. The lowest BCUT2D eigenvalue weighted by molar-refractivity contribution is 0.333. The first-order valence-electron chi connectivity index (χ1n) is 7.09. The highest BCUT2D eigenvalue weighted by Gasteiger charge is 2.25. The van der Waals surface area contributed by atoms with Crippen molar-refractivity contribution < 1.29 is 0 Å². The van der Waals surface area contributed by atoms with E-state index in [1.807, 2.05) is 0 Å². The molecule has 0 saturated heterocycles. The van der Waals surface area contributed by atoms with Gasteiger partial charge in [-0.1, -0.05) is 52.8 Å². The minimum atomic E-state index is 0.0460. The van der Waals surface area contributed by atoms with E-state index in [0.29, 0.717) is 10.6 Å². The van der Waals surface area contributed by atoms with E-state index in [-0.39, 0.29) is 5.41 Å². The average Bonchev–Trinajstić information content (AvgIpc) is 2.31. The SMILES string of the molecule is CC1CCCC(c2nc(=S)c(Br)c(C(C)(C)C)[nH]2)C1. The summed E-state index contributed by atoms with van der Waals surface area (Å²) >= 11 is 9.01. The van der Waals surface area contributed by atoms with Gasteiger partial charge in [-0.15, -0.1) is 0 Å². The van der Waals surface area contributed by atoms with Gasteiger partial charge in [-0.2, -0.15) is 0 Å². The molecule has 0 aromatic carbocycles. The van der Waals surface area contributed by atoms with Crippen LogP contribution < -0.4 is 0 Å². The van der Waals surface area contributed by atoms with Crippen LogP contribution in [-0.2, 0) is 5.41 Å². The number of aromatic nitrogens is 2. The summed E-state index contributed by atoms with van der Waals surface area (Å²) in [6.45, 7) is 8.94. The molecule has 1 aliphatic rings. The topological polar surface area (TPSA) is 28.7 Å². The molecule has 1 N–H and O–H groups in total. The summed E-state index contributed by atoms with van der Waals surface area (Å²) in [5, 5.41) is 0. The van der Waals surface area contributed by atoms with E-state index in [1.165, 1.54) is 31.4 Å². The molecular weight excluding hydrogens is 320 g/mol. The maximum Gasteiger partial charge on any atom is 0.144 e. The van der Waals surface area contributed by atoms with Gasteiger partial charge in [-0.3, -0.25) is 0 Å². The third kappa shape index (κ3) is 3.46. The van der Waals surface area contributed by atoms with E-state index in [0.717, 1.165) is 16.2 Å². The highest BCUT2D eigenvalue weighted by molar-refractivity contribution is 9.10. The van der Waals surface area contributed by atoms with Crippen molar-refractivity contribution in [3.05, 3.63) is 20.6 Å². The van der Waals surface area contributed by atoms with Crippen LogP contribution in [0.4, 0.5) is 0 Å². The zero-order chi connectivity index (χ0) is 14.2. The fourth-order valence-electron chi connectivity index (χ4n) is 2.87. The number of rotatable bonds is 1. The number of halogens is 1. The maximum atomic E-state index is 5.42. The van der Waals surface area contributed by atoms with Crippen LogP contribution in [0.1, 0.15) is 70.8 Å². The quantitative estimate of drug-likeness (QED) is 0.683. The summed E-state index contributed by atoms with van der Waals surface area (Å²) < 4.78 is 1.64. The van der Waals surface area contributed by atoms with Gasteiger partial charge in [0.25, 0.3) is 0 Å². The predicted octanol–water partition coefficient (Wildman–Crippen LogP) is 5.49. The van der Waals surface area contributed by atoms with Crippen molar-refractivity contribution in [2.24, 2.45) is 5.92 Å². The first-order valence-corrected chi connectivity index (χ1v) is 8.29. The van der Waals surface area contributed by atoms with E-state index >= 15 is 0 Å². The Labute approximate surface area is 129 Å². The van der Waals surface area contributed by atoms with Crippen LogP contribution in [0.2, 0.25) is 0 Å². The molecule has 2 rings (SSSR count). The molecule has 0 amide bonds. The predicted molar refractivity (Wildman–Crippen MR) is 86.2 cm³/mol. The number of nitrogens with one attached hydrogen (secondary N) is 1. The largest absolute Gasteiger partial charge is 0.345 e. The monoisotopic (exact) mass is 342 g/mol. The van der Waals surface area contributed by atoms with Gasteiger partial charge in [0, 0.05) is 17.0 Å². The Morgan fingerprint density at radius 1 is 1.32 bits per heavy atom. The van der Waals surface area contributed by atoms with Crippen LogP contribution >= 0.6 is 28.1 Å². The fourth-order valence-corrected chi connectivity index (χ4v) is 3.85. The van der Waals surface area contributed by atoms with E-state index in [4.69, 9.17) is 12.2 Å². The molecular formula is C15H23BrN2S. The Morgan fingerprint density at radius 3 is 2.58 bits per heavy atom. The molecule has 1 fully saturated rings. The van der Waals surface area contributed by atoms with Crippen molar-refractivity contribution in [1.82, 2.24) is 9.97 Å². The normalized spacial score (nSPS) is 24.5. The molecule has 0 aliphatic heterocycles. The second-order valence-electron chi connectivity index (χ2n) is 6.83. The van der Waals surface area contributed by atoms with Crippen LogP contribution in [-0.4, -0.2) is 9.97 Å². The summed E-state index contributed by atoms with van der Waals surface area (Å²) in [7, 11) is 0. The van der Waals surface area contributed by atoms with Gasteiger partial charge in [0.05, 0.1) is 4.47 Å². The number of hydrogen-bond donors (Lipinski definition) is 1. The van der Waals surface area contributed by atoms with E-state index in [9.17, 15) is 0 Å². The molecule has 0 radical (unpaired) electrons. The molecule has 106 valence electrons. The molecule has 1 aliphatic carbocycles. The zero-order valence-corrected chi connectivity index (χ0v) is 14.6. The number of H-pyrrole nitrogens is 1. The fraction of sp³-hybridized carbons (Fsp3) is 0.733. The lowest BCUT2D eigenvalue weighted by atomic mass is 9.82. The van der Waals surface area contributed by atoms with Gasteiger partial charge in [0.1, 0.15) is 10.5 Å².